The number of anilines is 2. The summed E-state index contributed by atoms with van der Waals surface area (Å²) < 4.78 is 26.7. The highest BCUT2D eigenvalue weighted by molar-refractivity contribution is 6.00. The number of rotatable bonds is 4. The van der Waals surface area contributed by atoms with Crippen LogP contribution in [0.3, 0.4) is 0 Å². The molecule has 0 spiro atoms. The fourth-order valence-corrected chi connectivity index (χ4v) is 8.07. The van der Waals surface area contributed by atoms with E-state index in [0.29, 0.717) is 12.8 Å². The number of nitrogens with zero attached hydrogens (tertiary/aromatic N) is 4. The van der Waals surface area contributed by atoms with E-state index in [1.54, 1.807) is 30.6 Å². The fraction of sp³-hybridized carbons (Fsp3) is 0.182. The Morgan fingerprint density at radius 2 is 0.885 bits per heavy atom. The number of benzene rings is 4. The Morgan fingerprint density at radius 1 is 0.423 bits per heavy atom. The Morgan fingerprint density at radius 3 is 1.38 bits per heavy atom. The Bertz CT molecular complexity index is 2410. The summed E-state index contributed by atoms with van der Waals surface area (Å²) in [7, 11) is 0. The van der Waals surface area contributed by atoms with Gasteiger partial charge in [0.15, 0.2) is 0 Å². The summed E-state index contributed by atoms with van der Waals surface area (Å²) in [4.78, 5) is 36.8. The first kappa shape index (κ1) is 31.9. The van der Waals surface area contributed by atoms with Crippen molar-refractivity contribution in [3.63, 3.8) is 0 Å². The van der Waals surface area contributed by atoms with Crippen LogP contribution >= 0.6 is 0 Å². The van der Waals surface area contributed by atoms with Gasteiger partial charge < -0.3 is 9.80 Å². The van der Waals surface area contributed by atoms with Crippen molar-refractivity contribution in [2.24, 2.45) is 0 Å². The van der Waals surface area contributed by atoms with Gasteiger partial charge in [0, 0.05) is 73.0 Å². The van der Waals surface area contributed by atoms with Gasteiger partial charge in [-0.1, -0.05) is 24.3 Å². The minimum atomic E-state index is -0.250. The standard InChI is InChI=1S/2C22H17FN2O/c23-20-4-1-14(2-5-20)18-11-19(13-24-12-18)17-9-15-3-6-21(26)25-8-7-16(10-17)22(15)25;23-20-3-1-2-14(11-20)18-10-19(13-24-12-18)17-8-15-4-5-21(26)25-7-6-16(9-17)22(15)25/h1-2,4-5,9-13H,3,6-8H2;1-3,8-13H,4-7H2. The molecule has 6 heterocycles. The highest BCUT2D eigenvalue weighted by Crippen LogP contribution is 2.41. The van der Waals surface area contributed by atoms with E-state index in [9.17, 15) is 18.4 Å². The lowest BCUT2D eigenvalue weighted by Crippen LogP contribution is -2.32. The van der Waals surface area contributed by atoms with Crippen LogP contribution in [0.25, 0.3) is 44.5 Å². The van der Waals surface area contributed by atoms with Gasteiger partial charge in [-0.05, 0) is 131 Å². The monoisotopic (exact) mass is 688 g/mol. The maximum atomic E-state index is 13.5. The number of pyridine rings is 2. The molecule has 4 aromatic carbocycles. The molecule has 4 aliphatic rings. The maximum absolute atomic E-state index is 13.5. The van der Waals surface area contributed by atoms with Gasteiger partial charge in [-0.2, -0.15) is 0 Å². The molecule has 6 nitrogen and oxygen atoms in total. The fourth-order valence-electron chi connectivity index (χ4n) is 8.07. The number of amides is 2. The van der Waals surface area contributed by atoms with Gasteiger partial charge in [-0.3, -0.25) is 19.6 Å². The maximum Gasteiger partial charge on any atom is 0.227 e. The molecule has 0 unspecified atom stereocenters. The molecular weight excluding hydrogens is 655 g/mol. The van der Waals surface area contributed by atoms with Crippen LogP contribution < -0.4 is 9.80 Å². The number of hydrogen-bond acceptors (Lipinski definition) is 4. The van der Waals surface area contributed by atoms with Crippen molar-refractivity contribution in [3.8, 4) is 44.5 Å². The van der Waals surface area contributed by atoms with Crippen LogP contribution in [0.5, 0.6) is 0 Å². The van der Waals surface area contributed by atoms with Crippen LogP contribution in [0.15, 0.2) is 110 Å². The van der Waals surface area contributed by atoms with Gasteiger partial charge in [-0.25, -0.2) is 8.78 Å². The molecule has 6 aromatic rings. The minimum absolute atomic E-state index is 0.235. The van der Waals surface area contributed by atoms with Gasteiger partial charge in [0.25, 0.3) is 0 Å². The Kier molecular flexibility index (Phi) is 7.95. The first-order valence-electron chi connectivity index (χ1n) is 17.7. The highest BCUT2D eigenvalue weighted by Gasteiger charge is 2.32. The molecule has 8 heteroatoms. The molecule has 0 radical (unpaired) electrons. The Hall–Kier alpha value is -6.02. The predicted octanol–water partition coefficient (Wildman–Crippen LogP) is 8.78. The van der Waals surface area contributed by atoms with Crippen molar-refractivity contribution < 1.29 is 18.4 Å². The SMILES string of the molecule is O=C1CCc2cc(-c3cncc(-c4ccc(F)cc4)c3)cc3c2N1CC3.O=C1CCc2cc(-c3cncc(-c4cccc(F)c4)c3)cc3c2N1CC3. The molecule has 2 amide bonds. The normalized spacial score (nSPS) is 15.3. The second kappa shape index (κ2) is 12.9. The van der Waals surface area contributed by atoms with Gasteiger partial charge in [-0.15, -0.1) is 0 Å². The Labute approximate surface area is 300 Å². The molecule has 2 aromatic heterocycles. The third-order valence-corrected chi connectivity index (χ3v) is 10.6. The molecule has 0 saturated carbocycles. The second-order valence-corrected chi connectivity index (χ2v) is 13.8. The smallest absolute Gasteiger partial charge is 0.227 e. The van der Waals surface area contributed by atoms with Crippen molar-refractivity contribution >= 4 is 23.2 Å². The Balaban J connectivity index is 0.000000138. The summed E-state index contributed by atoms with van der Waals surface area (Å²) in [5.41, 5.74) is 15.2. The van der Waals surface area contributed by atoms with Gasteiger partial charge in [0.05, 0.1) is 11.4 Å². The van der Waals surface area contributed by atoms with E-state index in [0.717, 1.165) is 94.7 Å². The van der Waals surface area contributed by atoms with Crippen LogP contribution in [0.4, 0.5) is 20.2 Å². The summed E-state index contributed by atoms with van der Waals surface area (Å²) in [6.07, 6.45) is 11.8. The van der Waals surface area contributed by atoms with Gasteiger partial charge >= 0.3 is 0 Å². The number of carbonyl (C=O) groups is 2. The molecule has 0 atom stereocenters. The topological polar surface area (TPSA) is 66.4 Å². The lowest BCUT2D eigenvalue weighted by atomic mass is 9.93. The molecule has 0 fully saturated rings. The minimum Gasteiger partial charge on any atom is -0.312 e. The number of aromatic nitrogens is 2. The summed E-state index contributed by atoms with van der Waals surface area (Å²) >= 11 is 0. The zero-order valence-electron chi connectivity index (χ0n) is 28.4. The van der Waals surface area contributed by atoms with E-state index in [1.807, 2.05) is 28.3 Å². The van der Waals surface area contributed by atoms with Gasteiger partial charge in [0.2, 0.25) is 11.8 Å². The van der Waals surface area contributed by atoms with E-state index in [-0.39, 0.29) is 23.4 Å². The van der Waals surface area contributed by atoms with Crippen LogP contribution in [-0.2, 0) is 35.3 Å². The van der Waals surface area contributed by atoms with E-state index >= 15 is 0 Å². The van der Waals surface area contributed by atoms with E-state index in [1.165, 1.54) is 46.5 Å². The summed E-state index contributed by atoms with van der Waals surface area (Å²) in [6, 6.07) is 25.9. The zero-order chi connectivity index (χ0) is 35.3. The van der Waals surface area contributed by atoms with E-state index < -0.39 is 0 Å². The number of hydrogen-bond donors (Lipinski definition) is 0. The van der Waals surface area contributed by atoms with Gasteiger partial charge in [0.1, 0.15) is 11.6 Å². The van der Waals surface area contributed by atoms with Crippen molar-refractivity contribution in [3.05, 3.63) is 144 Å². The third kappa shape index (κ3) is 5.84. The van der Waals surface area contributed by atoms with E-state index in [2.05, 4.69) is 46.4 Å². The quantitative estimate of drug-likeness (QED) is 0.186. The van der Waals surface area contributed by atoms with Crippen LogP contribution in [-0.4, -0.2) is 34.9 Å². The molecular formula is C44H34F2N4O2. The first-order valence-corrected chi connectivity index (χ1v) is 17.7. The van der Waals surface area contributed by atoms with Crippen LogP contribution in [0.2, 0.25) is 0 Å². The lowest BCUT2D eigenvalue weighted by Gasteiger charge is -2.25. The van der Waals surface area contributed by atoms with Crippen molar-refractivity contribution in [1.29, 1.82) is 0 Å². The van der Waals surface area contributed by atoms with Crippen molar-refractivity contribution in [1.82, 2.24) is 9.97 Å². The number of aryl methyl sites for hydroxylation is 2. The third-order valence-electron chi connectivity index (χ3n) is 10.6. The summed E-state index contributed by atoms with van der Waals surface area (Å²) in [5, 5.41) is 0. The van der Waals surface area contributed by atoms with Crippen molar-refractivity contribution in [2.45, 2.75) is 38.5 Å². The molecule has 10 rings (SSSR count). The molecule has 52 heavy (non-hydrogen) atoms. The van der Waals surface area contributed by atoms with Crippen LogP contribution in [0.1, 0.15) is 35.1 Å². The van der Waals surface area contributed by atoms with Crippen LogP contribution in [0, 0.1) is 11.6 Å². The molecule has 4 aliphatic heterocycles. The summed E-state index contributed by atoms with van der Waals surface area (Å²) in [5.74, 6) is -0.0166. The number of carbonyl (C=O) groups excluding carboxylic acids is 2. The average molecular weight is 689 g/mol. The summed E-state index contributed by atoms with van der Waals surface area (Å²) in [6.45, 7) is 1.57. The molecule has 0 bridgehead atoms. The second-order valence-electron chi connectivity index (χ2n) is 13.8. The molecule has 0 aliphatic carbocycles. The average Bonchev–Trinajstić information content (AvgIpc) is 3.82. The number of halogens is 2. The molecule has 256 valence electrons. The van der Waals surface area contributed by atoms with E-state index in [4.69, 9.17) is 0 Å². The predicted molar refractivity (Wildman–Crippen MR) is 199 cm³/mol. The highest BCUT2D eigenvalue weighted by atomic mass is 19.1. The molecule has 0 saturated heterocycles. The van der Waals surface area contributed by atoms with Crippen molar-refractivity contribution in [2.75, 3.05) is 22.9 Å². The zero-order valence-corrected chi connectivity index (χ0v) is 28.4. The first-order chi connectivity index (χ1) is 25.4. The molecule has 0 N–H and O–H groups in total. The largest absolute Gasteiger partial charge is 0.312 e. The lowest BCUT2D eigenvalue weighted by molar-refractivity contribution is -0.119.